The Morgan fingerprint density at radius 1 is 0.902 bits per heavy atom. The predicted octanol–water partition coefficient (Wildman–Crippen LogP) is 8.49. The van der Waals surface area contributed by atoms with Crippen molar-refractivity contribution in [3.05, 3.63) is 52.6 Å². The molecule has 0 aliphatic heterocycles. The molecule has 0 aromatic heterocycles. The van der Waals surface area contributed by atoms with Crippen molar-refractivity contribution in [3.8, 4) is 18.1 Å². The van der Waals surface area contributed by atoms with Crippen LogP contribution in [0.15, 0.2) is 41.5 Å². The summed E-state index contributed by atoms with van der Waals surface area (Å²) in [7, 11) is 1.73. The largest absolute Gasteiger partial charge is 0.497 e. The number of ketones is 2. The molecule has 4 fully saturated rings. The Hall–Kier alpha value is -3.17. The Morgan fingerprint density at radius 2 is 1.61 bits per heavy atom. The third-order valence-corrected chi connectivity index (χ3v) is 16.2. The first-order chi connectivity index (χ1) is 24.1. The summed E-state index contributed by atoms with van der Waals surface area (Å²) < 4.78 is 11.2. The van der Waals surface area contributed by atoms with Gasteiger partial charge in [-0.25, -0.2) is 0 Å². The molecule has 1 aromatic rings. The van der Waals surface area contributed by atoms with Crippen LogP contribution in [0, 0.1) is 58.2 Å². The number of esters is 1. The molecule has 7 aliphatic rings. The number of benzene rings is 1. The number of allylic oxidation sites excluding steroid dienone is 4. The molecule has 0 heterocycles. The second-order valence-electron chi connectivity index (χ2n) is 18.0. The third-order valence-electron chi connectivity index (χ3n) is 16.2. The summed E-state index contributed by atoms with van der Waals surface area (Å²) in [5.74, 6) is 6.59. The van der Waals surface area contributed by atoms with Gasteiger partial charge in [-0.3, -0.25) is 14.4 Å². The number of ether oxygens (including phenoxy) is 2. The van der Waals surface area contributed by atoms with Crippen LogP contribution in [0.5, 0.6) is 5.75 Å². The van der Waals surface area contributed by atoms with E-state index in [1.54, 1.807) is 14.0 Å². The van der Waals surface area contributed by atoms with Gasteiger partial charge in [0.1, 0.15) is 11.4 Å². The van der Waals surface area contributed by atoms with E-state index in [2.05, 4.69) is 57.9 Å². The van der Waals surface area contributed by atoms with E-state index in [0.29, 0.717) is 48.3 Å². The minimum Gasteiger partial charge on any atom is -0.497 e. The summed E-state index contributed by atoms with van der Waals surface area (Å²) in [6, 6.07) is 6.59. The maximum atomic E-state index is 12.8. The molecular formula is C45H58O6. The topological polar surface area (TPSA) is 89.9 Å². The van der Waals surface area contributed by atoms with Crippen molar-refractivity contribution in [2.75, 3.05) is 7.11 Å². The average Bonchev–Trinajstić information content (AvgIpc) is 3.55. The van der Waals surface area contributed by atoms with Gasteiger partial charge in [0.25, 0.3) is 0 Å². The van der Waals surface area contributed by atoms with Crippen LogP contribution in [0.4, 0.5) is 0 Å². The van der Waals surface area contributed by atoms with Crippen molar-refractivity contribution in [1.82, 2.24) is 0 Å². The Labute approximate surface area is 305 Å². The molecule has 7 aliphatic carbocycles. The maximum absolute atomic E-state index is 12.8. The van der Waals surface area contributed by atoms with Crippen molar-refractivity contribution < 1.29 is 29.0 Å². The molecule has 0 bridgehead atoms. The first kappa shape index (κ1) is 36.2. The van der Waals surface area contributed by atoms with Crippen LogP contribution in [0.2, 0.25) is 0 Å². The summed E-state index contributed by atoms with van der Waals surface area (Å²) in [5.41, 5.74) is 3.12. The van der Waals surface area contributed by atoms with Crippen molar-refractivity contribution in [2.24, 2.45) is 45.8 Å². The van der Waals surface area contributed by atoms with E-state index in [9.17, 15) is 19.5 Å². The first-order valence-corrected chi connectivity index (χ1v) is 19.6. The summed E-state index contributed by atoms with van der Waals surface area (Å²) in [6.07, 6.45) is 21.3. The number of rotatable bonds is 3. The number of aryl methyl sites for hydroxylation is 1. The third kappa shape index (κ3) is 5.18. The number of hydrogen-bond donors (Lipinski definition) is 1. The monoisotopic (exact) mass is 694 g/mol. The highest BCUT2D eigenvalue weighted by Gasteiger charge is 2.67. The molecular weight excluding hydrogens is 636 g/mol. The molecule has 4 saturated carbocycles. The fraction of sp³-hybridized carbons (Fsp3) is 0.667. The number of carbonyl (C=O) groups excluding carboxylic acids is 3. The lowest BCUT2D eigenvalue weighted by molar-refractivity contribution is -0.185. The van der Waals surface area contributed by atoms with Crippen molar-refractivity contribution in [3.63, 3.8) is 0 Å². The zero-order chi connectivity index (χ0) is 36.7. The number of aliphatic hydroxyl groups is 1. The predicted molar refractivity (Wildman–Crippen MR) is 198 cm³/mol. The van der Waals surface area contributed by atoms with Crippen molar-refractivity contribution in [2.45, 2.75) is 136 Å². The van der Waals surface area contributed by atoms with Gasteiger partial charge in [-0.1, -0.05) is 44.4 Å². The van der Waals surface area contributed by atoms with Crippen molar-refractivity contribution >= 4 is 17.5 Å². The minimum absolute atomic E-state index is 0.0160. The minimum atomic E-state index is -0.990. The second-order valence-corrected chi connectivity index (χ2v) is 18.0. The standard InChI is InChI=1S/C24H32O4.C21H26O2/c1-14-12-18-19(22(4)9-6-17(27)13-21(14)22)7-10-23(5)20(18)8-11-24(23,15(2)25)28-16(3)26;1-4-21(22)12-10-19-18-7-5-14-13-15(23-3)6-8-16(14)17(18)9-11-20(19,21)2/h12-13,18-20H,6-11H2,1-5H3;1,6,8,13,17-19,22H,5,7,9-12H2,2-3H3/t18-,19+,20+,22-,23+,24+;17-,18-,19+,20+,21+/m11/s1. The lowest BCUT2D eigenvalue weighted by Crippen LogP contribution is -2.58. The number of methoxy groups -OCH3 is 1. The number of fused-ring (bicyclic) bond motifs is 10. The quantitative estimate of drug-likeness (QED) is 0.252. The van der Waals surface area contributed by atoms with Gasteiger partial charge in [-0.2, -0.15) is 0 Å². The fourth-order valence-electron chi connectivity index (χ4n) is 13.4. The summed E-state index contributed by atoms with van der Waals surface area (Å²) >= 11 is 0. The van der Waals surface area contributed by atoms with Gasteiger partial charge in [0.15, 0.2) is 17.2 Å². The lowest BCUT2D eigenvalue weighted by Gasteiger charge is -2.58. The van der Waals surface area contributed by atoms with E-state index in [0.717, 1.165) is 63.5 Å². The Bertz CT molecular complexity index is 1750. The van der Waals surface area contributed by atoms with Gasteiger partial charge in [0.05, 0.1) is 7.11 Å². The van der Waals surface area contributed by atoms with Gasteiger partial charge < -0.3 is 14.6 Å². The zero-order valence-electron chi connectivity index (χ0n) is 31.9. The summed E-state index contributed by atoms with van der Waals surface area (Å²) in [4.78, 5) is 36.8. The molecule has 0 spiro atoms. The normalized spacial score (nSPS) is 43.2. The molecule has 51 heavy (non-hydrogen) atoms. The molecule has 0 unspecified atom stereocenters. The first-order valence-electron chi connectivity index (χ1n) is 19.6. The maximum Gasteiger partial charge on any atom is 0.303 e. The molecule has 1 aromatic carbocycles. The highest BCUT2D eigenvalue weighted by atomic mass is 16.6. The zero-order valence-corrected chi connectivity index (χ0v) is 31.9. The van der Waals surface area contributed by atoms with Crippen LogP contribution < -0.4 is 4.74 Å². The SMILES string of the molecule is C#C[C@]1(O)CC[C@H]2[C@@H]3CCc4cc(OC)ccc4[C@H]3CC[C@@]21C.CC(=O)O[C@]1(C(C)=O)CC[C@H]2[C@@H]3C=C(C)C4=CC(=O)CC[C@]4(C)[C@H]3CC[C@@]21C. The van der Waals surface area contributed by atoms with Gasteiger partial charge >= 0.3 is 5.97 Å². The van der Waals surface area contributed by atoms with E-state index in [1.165, 1.54) is 35.6 Å². The van der Waals surface area contributed by atoms with E-state index < -0.39 is 11.2 Å². The average molecular weight is 695 g/mol. The molecule has 0 radical (unpaired) electrons. The van der Waals surface area contributed by atoms with Gasteiger partial charge in [0.2, 0.25) is 0 Å². The highest BCUT2D eigenvalue weighted by Crippen LogP contribution is 2.68. The van der Waals surface area contributed by atoms with Crippen molar-refractivity contribution in [1.29, 1.82) is 0 Å². The number of terminal acetylenes is 1. The molecule has 0 saturated heterocycles. The number of Topliss-reactive ketones (excluding diaryl/α,β-unsaturated/α-hetero) is 1. The molecule has 6 heteroatoms. The van der Waals surface area contributed by atoms with Crippen LogP contribution >= 0.6 is 0 Å². The smallest absolute Gasteiger partial charge is 0.303 e. The van der Waals surface area contributed by atoms with Gasteiger partial charge in [0, 0.05) is 24.2 Å². The van der Waals surface area contributed by atoms with Crippen LogP contribution in [0.3, 0.4) is 0 Å². The summed E-state index contributed by atoms with van der Waals surface area (Å²) in [6.45, 7) is 11.9. The van der Waals surface area contributed by atoms with Crippen LogP contribution in [-0.4, -0.2) is 41.0 Å². The van der Waals surface area contributed by atoms with Gasteiger partial charge in [-0.15, -0.1) is 6.42 Å². The Kier molecular flexibility index (Phi) is 8.85. The molecule has 6 nitrogen and oxygen atoms in total. The number of hydrogen-bond acceptors (Lipinski definition) is 6. The van der Waals surface area contributed by atoms with Crippen LogP contribution in [0.1, 0.15) is 129 Å². The van der Waals surface area contributed by atoms with E-state index in [4.69, 9.17) is 15.9 Å². The Morgan fingerprint density at radius 3 is 2.29 bits per heavy atom. The highest BCUT2D eigenvalue weighted by molar-refractivity contribution is 5.92. The lowest BCUT2D eigenvalue weighted by atomic mass is 9.47. The molecule has 8 rings (SSSR count). The summed E-state index contributed by atoms with van der Waals surface area (Å²) in [5, 5.41) is 11.0. The van der Waals surface area contributed by atoms with E-state index in [-0.39, 0.29) is 33.8 Å². The fourth-order valence-corrected chi connectivity index (χ4v) is 13.4. The van der Waals surface area contributed by atoms with Crippen LogP contribution in [-0.2, 0) is 25.5 Å². The molecule has 274 valence electrons. The van der Waals surface area contributed by atoms with E-state index >= 15 is 0 Å². The van der Waals surface area contributed by atoms with E-state index in [1.807, 2.05) is 6.08 Å². The molecule has 1 N–H and O–H groups in total. The second kappa shape index (κ2) is 12.5. The molecule has 11 atom stereocenters. The molecule has 0 amide bonds. The Balaban J connectivity index is 0.000000162. The van der Waals surface area contributed by atoms with Gasteiger partial charge in [-0.05, 0) is 160 Å². The number of carbonyl (C=O) groups is 3. The van der Waals surface area contributed by atoms with Crippen LogP contribution in [0.25, 0.3) is 0 Å².